The summed E-state index contributed by atoms with van der Waals surface area (Å²) in [6, 6.07) is 1.35. The molecule has 4 atom stereocenters. The predicted octanol–water partition coefficient (Wildman–Crippen LogP) is 0.969. The highest BCUT2D eigenvalue weighted by Gasteiger charge is 2.55. The number of carbonyl (C=O) groups excluding carboxylic acids is 2. The minimum atomic E-state index is -0.984. The fraction of sp³-hybridized carbons (Fsp3) is 0.647. The molecule has 1 saturated carbocycles. The molecule has 0 amide bonds. The van der Waals surface area contributed by atoms with Gasteiger partial charge in [0, 0.05) is 6.20 Å². The van der Waals surface area contributed by atoms with E-state index in [1.807, 2.05) is 0 Å². The monoisotopic (exact) mass is 395 g/mol. The van der Waals surface area contributed by atoms with Crippen LogP contribution in [0.25, 0.3) is 0 Å². The van der Waals surface area contributed by atoms with Crippen LogP contribution in [-0.4, -0.2) is 51.8 Å². The van der Waals surface area contributed by atoms with Crippen LogP contribution >= 0.6 is 0 Å². The zero-order valence-electron chi connectivity index (χ0n) is 15.0. The van der Waals surface area contributed by atoms with Crippen LogP contribution in [0.15, 0.2) is 17.1 Å². The van der Waals surface area contributed by atoms with Crippen molar-refractivity contribution >= 4 is 17.9 Å². The summed E-state index contributed by atoms with van der Waals surface area (Å²) >= 11 is 0. The first-order chi connectivity index (χ1) is 13.6. The van der Waals surface area contributed by atoms with Crippen molar-refractivity contribution in [3.63, 3.8) is 0 Å². The van der Waals surface area contributed by atoms with E-state index in [9.17, 15) is 14.4 Å². The van der Waals surface area contributed by atoms with Crippen LogP contribution in [-0.2, 0) is 23.7 Å². The number of esters is 1. The normalized spacial score (nSPS) is 29.7. The van der Waals surface area contributed by atoms with Crippen LogP contribution in [0.4, 0.5) is 10.6 Å². The fourth-order valence-corrected chi connectivity index (χ4v) is 3.87. The average Bonchev–Trinajstić information content (AvgIpc) is 3.24. The second-order valence-electron chi connectivity index (χ2n) is 7.06. The molecule has 11 heteroatoms. The Morgan fingerprint density at radius 2 is 2.00 bits per heavy atom. The maximum absolute atomic E-state index is 12.3. The van der Waals surface area contributed by atoms with Gasteiger partial charge in [0.15, 0.2) is 24.3 Å². The number of hydrogen-bond donors (Lipinski definition) is 2. The molecule has 0 aromatic carbocycles. The summed E-state index contributed by atoms with van der Waals surface area (Å²) < 4.78 is 22.6. The van der Waals surface area contributed by atoms with Crippen molar-refractivity contribution in [1.29, 1.82) is 0 Å². The second-order valence-corrected chi connectivity index (χ2v) is 7.06. The number of aromatic nitrogens is 2. The number of fused-ring (bicyclic) bond motifs is 1. The van der Waals surface area contributed by atoms with Gasteiger partial charge in [-0.1, -0.05) is 19.3 Å². The third-order valence-corrected chi connectivity index (χ3v) is 5.30. The predicted molar refractivity (Wildman–Crippen MR) is 90.5 cm³/mol. The zero-order valence-corrected chi connectivity index (χ0v) is 15.0. The molecular formula is C17H21N3O8. The maximum atomic E-state index is 12.3. The molecular weight excluding hydrogens is 374 g/mol. The SMILES string of the molecule is O=C1O[C@@H]2[C@H](O1)C(COC(=O)C1CCCCC1)O[C@H]2n1ccc(NO)nc1=O. The molecule has 2 aliphatic heterocycles. The number of ether oxygens (including phenoxy) is 4. The molecule has 4 rings (SSSR count). The molecule has 3 heterocycles. The van der Waals surface area contributed by atoms with E-state index >= 15 is 0 Å². The molecule has 3 aliphatic rings. The lowest BCUT2D eigenvalue weighted by molar-refractivity contribution is -0.156. The highest BCUT2D eigenvalue weighted by molar-refractivity contribution is 5.72. The van der Waals surface area contributed by atoms with Gasteiger partial charge >= 0.3 is 17.8 Å². The highest BCUT2D eigenvalue weighted by Crippen LogP contribution is 2.37. The van der Waals surface area contributed by atoms with Gasteiger partial charge in [0.2, 0.25) is 0 Å². The average molecular weight is 395 g/mol. The van der Waals surface area contributed by atoms with Crippen LogP contribution in [0.2, 0.25) is 0 Å². The van der Waals surface area contributed by atoms with Crippen molar-refractivity contribution in [3.8, 4) is 0 Å². The van der Waals surface area contributed by atoms with Gasteiger partial charge in [-0.2, -0.15) is 4.98 Å². The molecule has 0 bridgehead atoms. The van der Waals surface area contributed by atoms with Crippen molar-refractivity contribution < 1.29 is 33.7 Å². The summed E-state index contributed by atoms with van der Waals surface area (Å²) in [5, 5.41) is 8.84. The van der Waals surface area contributed by atoms with Gasteiger partial charge in [-0.25, -0.2) is 9.59 Å². The molecule has 152 valence electrons. The Morgan fingerprint density at radius 1 is 1.25 bits per heavy atom. The summed E-state index contributed by atoms with van der Waals surface area (Å²) in [4.78, 5) is 39.7. The number of nitrogens with one attached hydrogen (secondary N) is 1. The molecule has 1 aromatic heterocycles. The number of anilines is 1. The third-order valence-electron chi connectivity index (χ3n) is 5.30. The van der Waals surface area contributed by atoms with Crippen molar-refractivity contribution in [1.82, 2.24) is 9.55 Å². The fourth-order valence-electron chi connectivity index (χ4n) is 3.87. The smallest absolute Gasteiger partial charge is 0.463 e. The largest absolute Gasteiger partial charge is 0.509 e. The molecule has 0 radical (unpaired) electrons. The summed E-state index contributed by atoms with van der Waals surface area (Å²) in [5.41, 5.74) is 1.06. The van der Waals surface area contributed by atoms with Crippen LogP contribution < -0.4 is 11.2 Å². The summed E-state index contributed by atoms with van der Waals surface area (Å²) in [7, 11) is 0. The first kappa shape index (κ1) is 18.7. The van der Waals surface area contributed by atoms with E-state index in [1.165, 1.54) is 12.3 Å². The number of nitrogens with zero attached hydrogens (tertiary/aromatic N) is 2. The molecule has 3 fully saturated rings. The van der Waals surface area contributed by atoms with Gasteiger partial charge in [-0.15, -0.1) is 0 Å². The van der Waals surface area contributed by atoms with Gasteiger partial charge in [-0.05, 0) is 18.9 Å². The highest BCUT2D eigenvalue weighted by atomic mass is 16.8. The topological polar surface area (TPSA) is 138 Å². The van der Waals surface area contributed by atoms with Crippen molar-refractivity contribution in [3.05, 3.63) is 22.7 Å². The van der Waals surface area contributed by atoms with Gasteiger partial charge in [0.25, 0.3) is 0 Å². The Balaban J connectivity index is 1.46. The molecule has 2 N–H and O–H groups in total. The Labute approximate surface area is 159 Å². The Bertz CT molecular complexity index is 806. The minimum Gasteiger partial charge on any atom is -0.463 e. The van der Waals surface area contributed by atoms with E-state index in [1.54, 1.807) is 5.48 Å². The van der Waals surface area contributed by atoms with Gasteiger partial charge in [0.1, 0.15) is 12.7 Å². The van der Waals surface area contributed by atoms with E-state index in [4.69, 9.17) is 24.2 Å². The molecule has 28 heavy (non-hydrogen) atoms. The Kier molecular flexibility index (Phi) is 5.18. The Morgan fingerprint density at radius 3 is 2.71 bits per heavy atom. The lowest BCUT2D eigenvalue weighted by Crippen LogP contribution is -2.35. The van der Waals surface area contributed by atoms with Crippen LogP contribution in [0.3, 0.4) is 0 Å². The lowest BCUT2D eigenvalue weighted by atomic mass is 9.89. The Hall–Kier alpha value is -2.66. The summed E-state index contributed by atoms with van der Waals surface area (Å²) in [6.07, 6.45) is 1.80. The molecule has 2 saturated heterocycles. The van der Waals surface area contributed by atoms with E-state index in [0.717, 1.165) is 36.7 Å². The number of carbonyl (C=O) groups is 2. The molecule has 0 spiro atoms. The standard InChI is InChI=1S/C17H21N3O8/c21-15(9-4-2-1-3-5-9)25-8-10-12-13(28-17(23)27-12)14(26-10)20-7-6-11(19-24)18-16(20)22/h6-7,9-10,12-14,24H,1-5,8H2,(H,18,19,22)/t10?,12-,13-,14-/m1/s1. The number of hydrogen-bond acceptors (Lipinski definition) is 10. The van der Waals surface area contributed by atoms with Gasteiger partial charge in [-0.3, -0.25) is 20.0 Å². The van der Waals surface area contributed by atoms with Crippen LogP contribution in [0, 0.1) is 5.92 Å². The summed E-state index contributed by atoms with van der Waals surface area (Å²) in [5.74, 6) is -0.436. The van der Waals surface area contributed by atoms with Gasteiger partial charge in [0.05, 0.1) is 5.92 Å². The van der Waals surface area contributed by atoms with E-state index in [2.05, 4.69) is 4.98 Å². The summed E-state index contributed by atoms with van der Waals surface area (Å²) in [6.45, 7) is -0.109. The second kappa shape index (κ2) is 7.76. The first-order valence-electron chi connectivity index (χ1n) is 9.25. The van der Waals surface area contributed by atoms with E-state index in [-0.39, 0.29) is 24.3 Å². The van der Waals surface area contributed by atoms with Crippen molar-refractivity contribution in [2.24, 2.45) is 5.92 Å². The van der Waals surface area contributed by atoms with E-state index < -0.39 is 36.4 Å². The lowest BCUT2D eigenvalue weighted by Gasteiger charge is -2.22. The van der Waals surface area contributed by atoms with Crippen molar-refractivity contribution in [2.75, 3.05) is 12.1 Å². The third kappa shape index (κ3) is 3.54. The molecule has 1 unspecified atom stereocenters. The molecule has 1 aliphatic carbocycles. The maximum Gasteiger partial charge on any atom is 0.509 e. The minimum absolute atomic E-state index is 0.0339. The molecule has 1 aromatic rings. The van der Waals surface area contributed by atoms with Crippen LogP contribution in [0.5, 0.6) is 0 Å². The first-order valence-corrected chi connectivity index (χ1v) is 9.25. The van der Waals surface area contributed by atoms with Crippen molar-refractivity contribution in [2.45, 2.75) is 56.6 Å². The number of rotatable bonds is 5. The van der Waals surface area contributed by atoms with Crippen LogP contribution in [0.1, 0.15) is 38.3 Å². The molecule has 11 nitrogen and oxygen atoms in total. The van der Waals surface area contributed by atoms with Gasteiger partial charge < -0.3 is 18.9 Å². The zero-order chi connectivity index (χ0) is 19.7. The quantitative estimate of drug-likeness (QED) is 0.548. The van der Waals surface area contributed by atoms with E-state index in [0.29, 0.717) is 0 Å².